The van der Waals surface area contributed by atoms with E-state index in [1.807, 2.05) is 61.5 Å². The fourth-order valence-electron chi connectivity index (χ4n) is 2.68. The van der Waals surface area contributed by atoms with Crippen LogP contribution in [-0.4, -0.2) is 48.5 Å². The summed E-state index contributed by atoms with van der Waals surface area (Å²) in [6, 6.07) is 16.9. The number of rotatable bonds is 9. The first-order chi connectivity index (χ1) is 14.6. The minimum Gasteiger partial charge on any atom is -0.493 e. The van der Waals surface area contributed by atoms with Gasteiger partial charge in [-0.05, 0) is 36.8 Å². The first kappa shape index (κ1) is 20.9. The molecule has 0 bridgehead atoms. The van der Waals surface area contributed by atoms with Crippen LogP contribution in [0.3, 0.4) is 0 Å². The number of esters is 1. The standard InChI is InChI=1S/C22H23N3O5/c1-16-7-6-10-18(13-16)29-12-11-23-20(26)15-30-22(27)21-19(28-2)14-25(24-21)17-8-4-3-5-9-17/h3-10,13-14H,11-12,15H2,1-2H3,(H,23,26). The molecular formula is C22H23N3O5. The first-order valence-corrected chi connectivity index (χ1v) is 9.39. The Balaban J connectivity index is 1.46. The Labute approximate surface area is 174 Å². The Morgan fingerprint density at radius 1 is 1.10 bits per heavy atom. The normalized spacial score (nSPS) is 10.3. The summed E-state index contributed by atoms with van der Waals surface area (Å²) in [5, 5.41) is 6.85. The van der Waals surface area contributed by atoms with Crippen molar-refractivity contribution in [2.75, 3.05) is 26.9 Å². The summed E-state index contributed by atoms with van der Waals surface area (Å²) in [6.07, 6.45) is 1.58. The van der Waals surface area contributed by atoms with E-state index < -0.39 is 18.5 Å². The number of para-hydroxylation sites is 1. The van der Waals surface area contributed by atoms with Gasteiger partial charge in [0.2, 0.25) is 5.69 Å². The number of aromatic nitrogens is 2. The highest BCUT2D eigenvalue weighted by Crippen LogP contribution is 2.20. The molecule has 8 nitrogen and oxygen atoms in total. The molecule has 0 aliphatic carbocycles. The van der Waals surface area contributed by atoms with Gasteiger partial charge in [-0.2, -0.15) is 5.10 Å². The number of nitrogens with one attached hydrogen (secondary N) is 1. The maximum absolute atomic E-state index is 12.3. The molecule has 0 radical (unpaired) electrons. The smallest absolute Gasteiger partial charge is 0.363 e. The van der Waals surface area contributed by atoms with Crippen molar-refractivity contribution in [2.45, 2.75) is 6.92 Å². The van der Waals surface area contributed by atoms with Gasteiger partial charge in [0.05, 0.1) is 25.5 Å². The number of carbonyl (C=O) groups excluding carboxylic acids is 2. The molecule has 0 aliphatic heterocycles. The van der Waals surface area contributed by atoms with Crippen LogP contribution in [-0.2, 0) is 9.53 Å². The van der Waals surface area contributed by atoms with E-state index in [1.54, 1.807) is 6.20 Å². The summed E-state index contributed by atoms with van der Waals surface area (Å²) >= 11 is 0. The Hall–Kier alpha value is -3.81. The number of ether oxygens (including phenoxy) is 3. The number of hydrogen-bond donors (Lipinski definition) is 1. The lowest BCUT2D eigenvalue weighted by Gasteiger charge is -2.08. The second kappa shape index (κ2) is 10.1. The molecule has 0 unspecified atom stereocenters. The zero-order valence-corrected chi connectivity index (χ0v) is 16.8. The highest BCUT2D eigenvalue weighted by atomic mass is 16.5. The van der Waals surface area contributed by atoms with Crippen LogP contribution in [0.2, 0.25) is 0 Å². The Bertz CT molecular complexity index is 1000. The average Bonchev–Trinajstić information content (AvgIpc) is 3.20. The maximum Gasteiger partial charge on any atom is 0.363 e. The molecule has 8 heteroatoms. The topological polar surface area (TPSA) is 91.7 Å². The molecule has 1 amide bonds. The van der Waals surface area contributed by atoms with Crippen molar-refractivity contribution in [1.29, 1.82) is 0 Å². The van der Waals surface area contributed by atoms with Gasteiger partial charge in [0.1, 0.15) is 12.4 Å². The van der Waals surface area contributed by atoms with Gasteiger partial charge in [-0.3, -0.25) is 4.79 Å². The number of benzene rings is 2. The van der Waals surface area contributed by atoms with E-state index in [4.69, 9.17) is 14.2 Å². The van der Waals surface area contributed by atoms with Crippen LogP contribution in [0.15, 0.2) is 60.8 Å². The SMILES string of the molecule is COc1cn(-c2ccccc2)nc1C(=O)OCC(=O)NCCOc1cccc(C)c1. The molecule has 1 aromatic heterocycles. The molecular weight excluding hydrogens is 386 g/mol. The van der Waals surface area contributed by atoms with Gasteiger partial charge in [-0.15, -0.1) is 0 Å². The largest absolute Gasteiger partial charge is 0.493 e. The van der Waals surface area contributed by atoms with Gasteiger partial charge in [-0.1, -0.05) is 30.3 Å². The average molecular weight is 409 g/mol. The minimum absolute atomic E-state index is 0.00284. The van der Waals surface area contributed by atoms with Crippen molar-refractivity contribution in [1.82, 2.24) is 15.1 Å². The van der Waals surface area contributed by atoms with E-state index in [0.29, 0.717) is 6.61 Å². The third kappa shape index (κ3) is 5.60. The van der Waals surface area contributed by atoms with Crippen molar-refractivity contribution in [3.05, 3.63) is 72.1 Å². The Morgan fingerprint density at radius 2 is 1.90 bits per heavy atom. The van der Waals surface area contributed by atoms with E-state index in [1.165, 1.54) is 11.8 Å². The maximum atomic E-state index is 12.3. The van der Waals surface area contributed by atoms with Gasteiger partial charge in [-0.25, -0.2) is 9.48 Å². The van der Waals surface area contributed by atoms with Crippen LogP contribution in [0.25, 0.3) is 5.69 Å². The molecule has 0 saturated heterocycles. The predicted molar refractivity (Wildman–Crippen MR) is 110 cm³/mol. The highest BCUT2D eigenvalue weighted by Gasteiger charge is 2.20. The van der Waals surface area contributed by atoms with Crippen LogP contribution in [0.1, 0.15) is 16.1 Å². The number of aryl methyl sites for hydroxylation is 1. The monoisotopic (exact) mass is 409 g/mol. The molecule has 3 rings (SSSR count). The molecule has 30 heavy (non-hydrogen) atoms. The molecule has 0 spiro atoms. The van der Waals surface area contributed by atoms with Crippen molar-refractivity contribution in [2.24, 2.45) is 0 Å². The molecule has 0 atom stereocenters. The van der Waals surface area contributed by atoms with E-state index in [2.05, 4.69) is 10.4 Å². The lowest BCUT2D eigenvalue weighted by atomic mass is 10.2. The minimum atomic E-state index is -0.743. The number of nitrogens with zero attached hydrogens (tertiary/aromatic N) is 2. The Morgan fingerprint density at radius 3 is 2.63 bits per heavy atom. The van der Waals surface area contributed by atoms with Gasteiger partial charge in [0, 0.05) is 0 Å². The number of amides is 1. The van der Waals surface area contributed by atoms with Gasteiger partial charge in [0.15, 0.2) is 12.4 Å². The molecule has 0 aliphatic rings. The zero-order chi connectivity index (χ0) is 21.3. The molecule has 1 heterocycles. The fourth-order valence-corrected chi connectivity index (χ4v) is 2.68. The van der Waals surface area contributed by atoms with E-state index >= 15 is 0 Å². The molecule has 156 valence electrons. The summed E-state index contributed by atoms with van der Waals surface area (Å²) in [5.74, 6) is -0.182. The molecule has 3 aromatic rings. The fraction of sp³-hybridized carbons (Fsp3) is 0.227. The summed E-state index contributed by atoms with van der Waals surface area (Å²) in [7, 11) is 1.43. The lowest BCUT2D eigenvalue weighted by molar-refractivity contribution is -0.124. The predicted octanol–water partition coefficient (Wildman–Crippen LogP) is 2.54. The van der Waals surface area contributed by atoms with Crippen molar-refractivity contribution >= 4 is 11.9 Å². The van der Waals surface area contributed by atoms with Gasteiger partial charge in [0.25, 0.3) is 5.91 Å². The summed E-state index contributed by atoms with van der Waals surface area (Å²) in [4.78, 5) is 24.3. The lowest BCUT2D eigenvalue weighted by Crippen LogP contribution is -2.32. The van der Waals surface area contributed by atoms with E-state index in [-0.39, 0.29) is 18.0 Å². The van der Waals surface area contributed by atoms with E-state index in [9.17, 15) is 9.59 Å². The molecule has 0 saturated carbocycles. The summed E-state index contributed by atoms with van der Waals surface area (Å²) in [6.45, 7) is 2.14. The third-order valence-electron chi connectivity index (χ3n) is 4.13. The van der Waals surface area contributed by atoms with Crippen LogP contribution < -0.4 is 14.8 Å². The molecule has 0 fully saturated rings. The molecule has 1 N–H and O–H groups in total. The van der Waals surface area contributed by atoms with Gasteiger partial charge < -0.3 is 19.5 Å². The highest BCUT2D eigenvalue weighted by molar-refractivity contribution is 5.92. The first-order valence-electron chi connectivity index (χ1n) is 9.39. The van der Waals surface area contributed by atoms with Crippen molar-refractivity contribution < 1.29 is 23.8 Å². The van der Waals surface area contributed by atoms with Crippen LogP contribution >= 0.6 is 0 Å². The van der Waals surface area contributed by atoms with E-state index in [0.717, 1.165) is 17.0 Å². The van der Waals surface area contributed by atoms with Crippen LogP contribution in [0, 0.1) is 6.92 Å². The number of carbonyl (C=O) groups is 2. The third-order valence-corrected chi connectivity index (χ3v) is 4.13. The van der Waals surface area contributed by atoms with Crippen molar-refractivity contribution in [3.63, 3.8) is 0 Å². The number of hydrogen-bond acceptors (Lipinski definition) is 6. The van der Waals surface area contributed by atoms with Crippen molar-refractivity contribution in [3.8, 4) is 17.2 Å². The number of methoxy groups -OCH3 is 1. The quantitative estimate of drug-likeness (QED) is 0.431. The zero-order valence-electron chi connectivity index (χ0n) is 16.8. The van der Waals surface area contributed by atoms with Gasteiger partial charge >= 0.3 is 5.97 Å². The second-order valence-electron chi connectivity index (χ2n) is 6.42. The molecule has 2 aromatic carbocycles. The Kier molecular flexibility index (Phi) is 7.05. The van der Waals surface area contributed by atoms with Crippen LogP contribution in [0.5, 0.6) is 11.5 Å². The summed E-state index contributed by atoms with van der Waals surface area (Å²) < 4.78 is 17.3. The van der Waals surface area contributed by atoms with Crippen LogP contribution in [0.4, 0.5) is 0 Å². The summed E-state index contributed by atoms with van der Waals surface area (Å²) in [5.41, 5.74) is 1.85. The second-order valence-corrected chi connectivity index (χ2v) is 6.42.